The van der Waals surface area contributed by atoms with E-state index in [1.807, 2.05) is 13.8 Å². The zero-order valence-electron chi connectivity index (χ0n) is 18.7. The highest BCUT2D eigenvalue weighted by atomic mass is 79.9. The lowest BCUT2D eigenvalue weighted by molar-refractivity contribution is -0.296. The number of alkyl halides is 4. The Balaban J connectivity index is 0.00000116. The molecule has 2 rings (SSSR count). The maximum atomic E-state index is 10.4. The molecule has 1 saturated carbocycles. The van der Waals surface area contributed by atoms with E-state index in [0.29, 0.717) is 24.2 Å². The molecular weight excluding hydrogens is 453 g/mol. The first kappa shape index (κ1) is 29.1. The third-order valence-corrected chi connectivity index (χ3v) is 6.36. The van der Waals surface area contributed by atoms with Crippen LogP contribution in [-0.4, -0.2) is 49.0 Å². The van der Waals surface area contributed by atoms with Gasteiger partial charge < -0.3 is 19.3 Å². The molecule has 0 aromatic carbocycles. The van der Waals surface area contributed by atoms with E-state index in [-0.39, 0.29) is 18.3 Å². The highest BCUT2D eigenvalue weighted by Crippen LogP contribution is 2.48. The maximum absolute atomic E-state index is 10.4. The number of hydrogen-bond donors (Lipinski definition) is 1. The summed E-state index contributed by atoms with van der Waals surface area (Å²) in [5.41, 5.74) is 0. The molecule has 1 heterocycles. The third kappa shape index (κ3) is 10.3. The van der Waals surface area contributed by atoms with E-state index in [2.05, 4.69) is 29.8 Å². The minimum Gasteiger partial charge on any atom is -0.378 e. The molecular formula is C21H40BrF3O4. The van der Waals surface area contributed by atoms with Gasteiger partial charge in [0.15, 0.2) is 12.1 Å². The van der Waals surface area contributed by atoms with Gasteiger partial charge in [-0.3, -0.25) is 0 Å². The first-order valence-corrected chi connectivity index (χ1v) is 11.8. The van der Waals surface area contributed by atoms with Crippen LogP contribution in [0.25, 0.3) is 0 Å². The van der Waals surface area contributed by atoms with Crippen molar-refractivity contribution in [2.24, 2.45) is 23.7 Å². The molecule has 1 aliphatic carbocycles. The highest BCUT2D eigenvalue weighted by Gasteiger charge is 2.49. The predicted octanol–water partition coefficient (Wildman–Crippen LogP) is 6.15. The lowest BCUT2D eigenvalue weighted by Crippen LogP contribution is -2.47. The average molecular weight is 493 g/mol. The van der Waals surface area contributed by atoms with Gasteiger partial charge in [0.25, 0.3) is 0 Å². The maximum Gasteiger partial charge on any atom is 0.379 e. The summed E-state index contributed by atoms with van der Waals surface area (Å²) in [6.07, 6.45) is 4.89. The van der Waals surface area contributed by atoms with Gasteiger partial charge in [0, 0.05) is 31.4 Å². The molecule has 0 radical (unpaired) electrons. The van der Waals surface area contributed by atoms with Crippen LogP contribution in [0, 0.1) is 23.7 Å². The van der Waals surface area contributed by atoms with Gasteiger partial charge >= 0.3 is 6.68 Å². The van der Waals surface area contributed by atoms with Crippen LogP contribution >= 0.6 is 15.9 Å². The molecule has 0 bridgehead atoms. The van der Waals surface area contributed by atoms with Gasteiger partial charge in [0.2, 0.25) is 0 Å². The Hall–Kier alpha value is 0.110. The fourth-order valence-corrected chi connectivity index (χ4v) is 4.69. The smallest absolute Gasteiger partial charge is 0.378 e. The van der Waals surface area contributed by atoms with E-state index in [4.69, 9.17) is 14.2 Å². The molecule has 1 N–H and O–H groups in total. The van der Waals surface area contributed by atoms with Crippen LogP contribution < -0.4 is 0 Å². The van der Waals surface area contributed by atoms with Crippen molar-refractivity contribution >= 4 is 15.9 Å². The molecule has 2 fully saturated rings. The lowest BCUT2D eigenvalue weighted by Gasteiger charge is -2.45. The molecule has 8 heteroatoms. The van der Waals surface area contributed by atoms with E-state index in [0.717, 1.165) is 31.2 Å². The first-order valence-electron chi connectivity index (χ1n) is 10.7. The van der Waals surface area contributed by atoms with Gasteiger partial charge in [0.1, 0.15) is 0 Å². The number of fused-ring (bicyclic) bond motifs is 1. The van der Waals surface area contributed by atoms with Crippen LogP contribution in [0.4, 0.5) is 13.2 Å². The summed E-state index contributed by atoms with van der Waals surface area (Å²) in [5, 5.41) is 11.4. The Bertz CT molecular complexity index is 413. The highest BCUT2D eigenvalue weighted by molar-refractivity contribution is 9.09. The predicted molar refractivity (Wildman–Crippen MR) is 113 cm³/mol. The molecule has 0 aromatic rings. The fourth-order valence-electron chi connectivity index (χ4n) is 4.46. The molecule has 29 heavy (non-hydrogen) atoms. The van der Waals surface area contributed by atoms with Crippen LogP contribution in [0.2, 0.25) is 0 Å². The van der Waals surface area contributed by atoms with Crippen LogP contribution in [0.15, 0.2) is 0 Å². The summed E-state index contributed by atoms with van der Waals surface area (Å²) < 4.78 is 46.7. The summed E-state index contributed by atoms with van der Waals surface area (Å²) in [7, 11) is 1.69. The normalized spacial score (nSPS) is 35.4. The number of rotatable bonds is 6. The van der Waals surface area contributed by atoms with Crippen LogP contribution in [0.3, 0.4) is 0 Å². The monoisotopic (exact) mass is 492 g/mol. The summed E-state index contributed by atoms with van der Waals surface area (Å²) in [6.45, 7) is 7.39. The van der Waals surface area contributed by atoms with Crippen molar-refractivity contribution in [3.8, 4) is 0 Å². The number of hydrogen-bond acceptors (Lipinski definition) is 4. The van der Waals surface area contributed by atoms with Crippen LogP contribution in [0.5, 0.6) is 0 Å². The van der Waals surface area contributed by atoms with Gasteiger partial charge in [0.05, 0.1) is 6.10 Å². The van der Waals surface area contributed by atoms with Crippen molar-refractivity contribution in [2.45, 2.75) is 91.6 Å². The number of halogens is 4. The Kier molecular flexibility index (Phi) is 15.1. The Morgan fingerprint density at radius 3 is 2.31 bits per heavy atom. The number of ether oxygens (including phenoxy) is 3. The van der Waals surface area contributed by atoms with Gasteiger partial charge in [-0.1, -0.05) is 43.1 Å². The minimum atomic E-state index is -3.67. The summed E-state index contributed by atoms with van der Waals surface area (Å²) in [5.74, 6) is 0.778. The molecule has 7 atom stereocenters. The largest absolute Gasteiger partial charge is 0.379 e. The van der Waals surface area contributed by atoms with E-state index in [9.17, 15) is 18.3 Å². The zero-order chi connectivity index (χ0) is 22.6. The SMILES string of the molecule is CC.COC1OC(C)(O)CCC2C1C(C(C)OCCCBr)CC[C@H]2C.FC(F)F. The topological polar surface area (TPSA) is 47.9 Å². The van der Waals surface area contributed by atoms with Crippen molar-refractivity contribution in [3.63, 3.8) is 0 Å². The molecule has 0 aromatic heterocycles. The molecule has 6 unspecified atom stereocenters. The summed E-state index contributed by atoms with van der Waals surface area (Å²) in [6, 6.07) is 0. The Morgan fingerprint density at radius 1 is 1.21 bits per heavy atom. The second kappa shape index (κ2) is 15.0. The second-order valence-corrected chi connectivity index (χ2v) is 8.55. The molecule has 0 amide bonds. The van der Waals surface area contributed by atoms with Gasteiger partial charge in [-0.05, 0) is 50.9 Å². The van der Waals surface area contributed by atoms with Gasteiger partial charge in [-0.25, -0.2) is 0 Å². The fraction of sp³-hybridized carbons (Fsp3) is 1.00. The van der Waals surface area contributed by atoms with Gasteiger partial charge in [-0.15, -0.1) is 0 Å². The molecule has 2 aliphatic rings. The second-order valence-electron chi connectivity index (χ2n) is 7.76. The third-order valence-electron chi connectivity index (χ3n) is 5.79. The molecule has 4 nitrogen and oxygen atoms in total. The van der Waals surface area contributed by atoms with E-state index in [1.54, 1.807) is 14.0 Å². The number of aliphatic hydroxyl groups is 1. The molecule has 1 saturated heterocycles. The number of methoxy groups -OCH3 is 1. The summed E-state index contributed by atoms with van der Waals surface area (Å²) in [4.78, 5) is 0. The van der Waals surface area contributed by atoms with E-state index < -0.39 is 12.5 Å². The standard InChI is InChI=1S/C18H33BrO4.C2H6.CHF3/c1-12-6-7-15(13(2)22-11-5-10-19)16-14(12)8-9-18(3,20)23-17(16)21-4;1-2;2-1(3)4/h12-17,20H,5-11H2,1-4H3;1-2H3;1H/t12-,13?,14?,15?,16?,17?,18?;;/m1../s1. The average Bonchev–Trinajstić information content (AvgIpc) is 2.80. The van der Waals surface area contributed by atoms with Crippen LogP contribution in [0.1, 0.15) is 66.7 Å². The molecule has 1 aliphatic heterocycles. The van der Waals surface area contributed by atoms with Crippen molar-refractivity contribution in [3.05, 3.63) is 0 Å². The lowest BCUT2D eigenvalue weighted by atomic mass is 9.64. The minimum absolute atomic E-state index is 0.193. The van der Waals surface area contributed by atoms with Crippen LogP contribution in [-0.2, 0) is 14.2 Å². The Labute approximate surface area is 183 Å². The molecule has 176 valence electrons. The summed E-state index contributed by atoms with van der Waals surface area (Å²) >= 11 is 3.45. The van der Waals surface area contributed by atoms with Crippen molar-refractivity contribution in [1.29, 1.82) is 0 Å². The Morgan fingerprint density at radius 2 is 1.79 bits per heavy atom. The van der Waals surface area contributed by atoms with E-state index >= 15 is 0 Å². The van der Waals surface area contributed by atoms with Crippen molar-refractivity contribution in [1.82, 2.24) is 0 Å². The quantitative estimate of drug-likeness (QED) is 0.356. The van der Waals surface area contributed by atoms with Gasteiger partial charge in [-0.2, -0.15) is 13.2 Å². The van der Waals surface area contributed by atoms with E-state index in [1.165, 1.54) is 6.42 Å². The van der Waals surface area contributed by atoms with Crippen molar-refractivity contribution in [2.75, 3.05) is 19.0 Å². The zero-order valence-corrected chi connectivity index (χ0v) is 20.3. The first-order chi connectivity index (χ1) is 13.6. The molecule has 0 spiro atoms. The van der Waals surface area contributed by atoms with Crippen molar-refractivity contribution < 1.29 is 32.5 Å².